The predicted molar refractivity (Wildman–Crippen MR) is 83.6 cm³/mol. The molecule has 0 saturated heterocycles. The first kappa shape index (κ1) is 18.0. The minimum absolute atomic E-state index is 0.107. The van der Waals surface area contributed by atoms with Crippen molar-refractivity contribution in [2.75, 3.05) is 0 Å². The number of rotatable bonds is 4. The van der Waals surface area contributed by atoms with Gasteiger partial charge in [0.15, 0.2) is 10.7 Å². The molecule has 2 aromatic rings. The number of aromatic amines is 1. The van der Waals surface area contributed by atoms with E-state index in [0.717, 1.165) is 18.2 Å². The molecule has 0 unspecified atom stereocenters. The van der Waals surface area contributed by atoms with Gasteiger partial charge in [0.05, 0.1) is 10.9 Å². The third-order valence-electron chi connectivity index (χ3n) is 3.22. The molecule has 2 N–H and O–H groups in total. The lowest BCUT2D eigenvalue weighted by atomic mass is 10.1. The average Bonchev–Trinajstić information content (AvgIpc) is 2.44. The average molecular weight is 365 g/mol. The van der Waals surface area contributed by atoms with Crippen molar-refractivity contribution < 1.29 is 20.3 Å². The second-order valence-corrected chi connectivity index (χ2v) is 7.18. The highest BCUT2D eigenvalue weighted by Crippen LogP contribution is 2.81. The number of halogens is 4. The number of aromatic nitrogens is 2. The highest BCUT2D eigenvalue weighted by Gasteiger charge is 2.39. The molecule has 24 heavy (non-hydrogen) atoms. The molecule has 0 radical (unpaired) electrons. The van der Waals surface area contributed by atoms with E-state index < -0.39 is 33.1 Å². The van der Waals surface area contributed by atoms with E-state index >= 15 is 0 Å². The molecule has 0 fully saturated rings. The van der Waals surface area contributed by atoms with E-state index in [-0.39, 0.29) is 11.5 Å². The van der Waals surface area contributed by atoms with Crippen molar-refractivity contribution in [3.63, 3.8) is 0 Å². The molecule has 2 rings (SSSR count). The fourth-order valence-corrected chi connectivity index (χ4v) is 2.64. The molecule has 0 bridgehead atoms. The Morgan fingerprint density at radius 1 is 1.21 bits per heavy atom. The van der Waals surface area contributed by atoms with Crippen molar-refractivity contribution >= 4 is 16.6 Å². The van der Waals surface area contributed by atoms with Crippen LogP contribution in [0.2, 0.25) is 0 Å². The molecule has 132 valence electrons. The Morgan fingerprint density at radius 3 is 2.29 bits per heavy atom. The Kier molecular flexibility index (Phi) is 4.44. The number of nitrogens with zero attached hydrogens (tertiary/aromatic N) is 1. The maximum Gasteiger partial charge on any atom is 0.270 e. The Bertz CT molecular complexity index is 821. The summed E-state index contributed by atoms with van der Waals surface area (Å²) in [7, 11) is -7.79. The monoisotopic (exact) mass is 365 g/mol. The lowest BCUT2D eigenvalue weighted by molar-refractivity contribution is 0.0934. The predicted octanol–water partition coefficient (Wildman–Crippen LogP) is 3.54. The van der Waals surface area contributed by atoms with E-state index in [1.807, 2.05) is 0 Å². The zero-order valence-corrected chi connectivity index (χ0v) is 13.6. The molecule has 0 aliphatic carbocycles. The summed E-state index contributed by atoms with van der Waals surface area (Å²) in [5.41, 5.74) is -0.244. The number of carbonyl (C=O) groups is 1. The quantitative estimate of drug-likeness (QED) is 0.573. The summed E-state index contributed by atoms with van der Waals surface area (Å²) in [6.45, 7) is 3.05. The van der Waals surface area contributed by atoms with Crippen LogP contribution in [0.5, 0.6) is 0 Å². The number of H-pyrrole nitrogens is 1. The molecular weight excluding hydrogens is 350 g/mol. The molecule has 1 heterocycles. The van der Waals surface area contributed by atoms with Gasteiger partial charge < -0.3 is 10.3 Å². The number of nitrogens with one attached hydrogen (secondary N) is 2. The standard InChI is InChI=1S/C14H15F4N3O2S/c1-8(10-3-5-11(6-4-10)24(15,16,17)18)19-14(23)12-7-13(22)21-9(2)20-12/h3-8,24H,1-2H3,(H,19,23)(H,20,21,22)/t8-/m1/s1. The number of hydrogen-bond donors (Lipinski definition) is 3. The number of benzene rings is 1. The lowest BCUT2D eigenvalue weighted by Gasteiger charge is -2.29. The molecule has 0 saturated carbocycles. The second-order valence-electron chi connectivity index (χ2n) is 5.22. The van der Waals surface area contributed by atoms with Gasteiger partial charge in [0.2, 0.25) is 0 Å². The smallest absolute Gasteiger partial charge is 0.270 e. The van der Waals surface area contributed by atoms with Crippen LogP contribution < -0.4 is 10.9 Å². The van der Waals surface area contributed by atoms with E-state index in [1.165, 1.54) is 6.92 Å². The third-order valence-corrected chi connectivity index (χ3v) is 4.30. The molecule has 0 aliphatic rings. The van der Waals surface area contributed by atoms with Gasteiger partial charge in [0.1, 0.15) is 11.5 Å². The molecule has 1 aromatic carbocycles. The molecule has 0 spiro atoms. The SMILES string of the molecule is Cc1nc(C(=O)N[C@H](C)c2ccc([SH](F)(F)(F)F)cc2)cc(=O)[nH]1. The zero-order chi connectivity index (χ0) is 18.1. The van der Waals surface area contributed by atoms with Crippen molar-refractivity contribution in [2.45, 2.75) is 24.8 Å². The Hall–Kier alpha value is -2.36. The minimum atomic E-state index is -7.79. The Morgan fingerprint density at radius 2 is 1.79 bits per heavy atom. The minimum Gasteiger partial charge on any atom is -0.344 e. The molecule has 1 atom stereocenters. The summed E-state index contributed by atoms with van der Waals surface area (Å²) in [4.78, 5) is 28.3. The van der Waals surface area contributed by atoms with Gasteiger partial charge in [0, 0.05) is 6.07 Å². The number of amides is 1. The first-order valence-electron chi connectivity index (χ1n) is 6.81. The number of hydrogen-bond acceptors (Lipinski definition) is 3. The summed E-state index contributed by atoms with van der Waals surface area (Å²) in [5, 5.41) is 2.52. The van der Waals surface area contributed by atoms with Gasteiger partial charge in [-0.1, -0.05) is 12.1 Å². The van der Waals surface area contributed by atoms with Gasteiger partial charge in [-0.05, 0) is 31.5 Å². The van der Waals surface area contributed by atoms with E-state index in [4.69, 9.17) is 0 Å². The topological polar surface area (TPSA) is 74.8 Å². The summed E-state index contributed by atoms with van der Waals surface area (Å²) in [6, 6.07) is 3.83. The molecule has 1 amide bonds. The molecular formula is C14H15F4N3O2S. The molecule has 1 aromatic heterocycles. The first-order chi connectivity index (χ1) is 10.9. The van der Waals surface area contributed by atoms with Gasteiger partial charge in [0.25, 0.3) is 11.5 Å². The lowest BCUT2D eigenvalue weighted by Crippen LogP contribution is -2.29. The number of carbonyl (C=O) groups excluding carboxylic acids is 1. The van der Waals surface area contributed by atoms with Crippen LogP contribution in [0, 0.1) is 6.92 Å². The third kappa shape index (κ3) is 4.34. The van der Waals surface area contributed by atoms with Crippen molar-refractivity contribution in [3.8, 4) is 0 Å². The van der Waals surface area contributed by atoms with Gasteiger partial charge in [-0.15, -0.1) is 15.5 Å². The van der Waals surface area contributed by atoms with Crippen LogP contribution in [-0.2, 0) is 0 Å². The van der Waals surface area contributed by atoms with E-state index in [1.54, 1.807) is 6.92 Å². The van der Waals surface area contributed by atoms with Gasteiger partial charge >= 0.3 is 0 Å². The van der Waals surface area contributed by atoms with E-state index in [2.05, 4.69) is 15.3 Å². The zero-order valence-electron chi connectivity index (χ0n) is 12.7. The molecule has 0 aliphatic heterocycles. The number of thiol groups is 1. The van der Waals surface area contributed by atoms with Crippen molar-refractivity contribution in [3.05, 3.63) is 57.8 Å². The van der Waals surface area contributed by atoms with Crippen LogP contribution in [-0.4, -0.2) is 15.9 Å². The normalized spacial score (nSPS) is 14.5. The van der Waals surface area contributed by atoms with Crippen LogP contribution in [0.3, 0.4) is 0 Å². The maximum absolute atomic E-state index is 12.7. The Balaban J connectivity index is 2.16. The van der Waals surface area contributed by atoms with Gasteiger partial charge in [-0.25, -0.2) is 4.98 Å². The second kappa shape index (κ2) is 5.93. The van der Waals surface area contributed by atoms with Crippen LogP contribution in [0.4, 0.5) is 15.5 Å². The van der Waals surface area contributed by atoms with Gasteiger partial charge in [-0.2, -0.15) is 0 Å². The van der Waals surface area contributed by atoms with Crippen LogP contribution in [0.15, 0.2) is 40.0 Å². The maximum atomic E-state index is 12.7. The van der Waals surface area contributed by atoms with Crippen molar-refractivity contribution in [2.24, 2.45) is 0 Å². The van der Waals surface area contributed by atoms with Crippen LogP contribution in [0.1, 0.15) is 34.8 Å². The summed E-state index contributed by atoms with van der Waals surface area (Å²) in [6.07, 6.45) is 0. The Labute approximate surface area is 135 Å². The fourth-order valence-electron chi connectivity index (χ4n) is 2.04. The van der Waals surface area contributed by atoms with E-state index in [0.29, 0.717) is 17.7 Å². The fraction of sp³-hybridized carbons (Fsp3) is 0.214. The highest BCUT2D eigenvalue weighted by molar-refractivity contribution is 8.33. The van der Waals surface area contributed by atoms with Crippen molar-refractivity contribution in [1.29, 1.82) is 0 Å². The number of aryl methyl sites for hydroxylation is 1. The highest BCUT2D eigenvalue weighted by atomic mass is 32.4. The largest absolute Gasteiger partial charge is 0.344 e. The van der Waals surface area contributed by atoms with Crippen LogP contribution in [0.25, 0.3) is 0 Å². The van der Waals surface area contributed by atoms with Crippen LogP contribution >= 0.6 is 10.7 Å². The summed E-state index contributed by atoms with van der Waals surface area (Å²) >= 11 is 0. The molecule has 5 nitrogen and oxygen atoms in total. The van der Waals surface area contributed by atoms with Gasteiger partial charge in [-0.3, -0.25) is 9.59 Å². The molecule has 10 heteroatoms. The first-order valence-corrected chi connectivity index (χ1v) is 8.61. The van der Waals surface area contributed by atoms with Crippen molar-refractivity contribution in [1.82, 2.24) is 15.3 Å². The summed E-state index contributed by atoms with van der Waals surface area (Å²) in [5.74, 6) is -0.389. The summed E-state index contributed by atoms with van der Waals surface area (Å²) < 4.78 is 50.7. The van der Waals surface area contributed by atoms with E-state index in [9.17, 15) is 25.1 Å².